The highest BCUT2D eigenvalue weighted by molar-refractivity contribution is 5.82. The van der Waals surface area contributed by atoms with E-state index in [1.165, 1.54) is 0 Å². The van der Waals surface area contributed by atoms with E-state index in [4.69, 9.17) is 14.2 Å². The number of hydrogen-bond donors (Lipinski definition) is 2. The lowest BCUT2D eigenvalue weighted by Crippen LogP contribution is -2.56. The van der Waals surface area contributed by atoms with Crippen molar-refractivity contribution in [3.63, 3.8) is 0 Å². The van der Waals surface area contributed by atoms with Crippen LogP contribution >= 0.6 is 0 Å². The molecule has 0 bridgehead atoms. The summed E-state index contributed by atoms with van der Waals surface area (Å²) >= 11 is 0. The first kappa shape index (κ1) is 19.9. The Labute approximate surface area is 171 Å². The third kappa shape index (κ3) is 4.96. The first-order chi connectivity index (χ1) is 14.3. The molecule has 2 N–H and O–H groups in total. The molecular formula is C23H28N2O4. The Bertz CT molecular complexity index is 782. The second kappa shape index (κ2) is 9.39. The lowest BCUT2D eigenvalue weighted by molar-refractivity contribution is -0.137. The van der Waals surface area contributed by atoms with Crippen molar-refractivity contribution in [1.29, 1.82) is 0 Å². The average Bonchev–Trinajstić information content (AvgIpc) is 2.80. The van der Waals surface area contributed by atoms with Gasteiger partial charge in [-0.15, -0.1) is 0 Å². The largest absolute Gasteiger partial charge is 0.489 e. The van der Waals surface area contributed by atoms with E-state index in [0.29, 0.717) is 33.0 Å². The fraction of sp³-hybridized carbons (Fsp3) is 0.435. The number of morpholine rings is 1. The zero-order valence-electron chi connectivity index (χ0n) is 16.6. The van der Waals surface area contributed by atoms with Crippen LogP contribution in [0.4, 0.5) is 0 Å². The topological polar surface area (TPSA) is 68.8 Å². The minimum absolute atomic E-state index is 0.0662. The minimum Gasteiger partial charge on any atom is -0.489 e. The Morgan fingerprint density at radius 2 is 1.83 bits per heavy atom. The zero-order valence-corrected chi connectivity index (χ0v) is 16.6. The minimum atomic E-state index is -0.447. The lowest BCUT2D eigenvalue weighted by atomic mass is 9.82. The van der Waals surface area contributed by atoms with Crippen molar-refractivity contribution in [2.24, 2.45) is 0 Å². The van der Waals surface area contributed by atoms with E-state index in [0.717, 1.165) is 36.3 Å². The summed E-state index contributed by atoms with van der Waals surface area (Å²) in [6.07, 6.45) is 1.03. The van der Waals surface area contributed by atoms with Gasteiger partial charge in [0.25, 0.3) is 5.91 Å². The molecule has 2 aliphatic heterocycles. The SMILES string of the molecule is O=C(NC1(c2ccc(OCc3ccccc3)cc2)CCOCC1)C1CNCCO1. The molecule has 2 aliphatic rings. The predicted molar refractivity (Wildman–Crippen MR) is 110 cm³/mol. The van der Waals surface area contributed by atoms with Gasteiger partial charge in [0.2, 0.25) is 0 Å². The molecular weight excluding hydrogens is 368 g/mol. The summed E-state index contributed by atoms with van der Waals surface area (Å²) in [5.74, 6) is 0.745. The quantitative estimate of drug-likeness (QED) is 0.785. The predicted octanol–water partition coefficient (Wildman–Crippen LogP) is 2.38. The van der Waals surface area contributed by atoms with Crippen LogP contribution in [0.5, 0.6) is 5.75 Å². The maximum atomic E-state index is 12.8. The molecule has 0 saturated carbocycles. The third-order valence-electron chi connectivity index (χ3n) is 5.58. The summed E-state index contributed by atoms with van der Waals surface area (Å²) in [6, 6.07) is 18.1. The van der Waals surface area contributed by atoms with Gasteiger partial charge in [-0.25, -0.2) is 0 Å². The Kier molecular flexibility index (Phi) is 6.44. The summed E-state index contributed by atoms with van der Waals surface area (Å²) in [4.78, 5) is 12.8. The Morgan fingerprint density at radius 1 is 1.07 bits per heavy atom. The van der Waals surface area contributed by atoms with E-state index in [-0.39, 0.29) is 5.91 Å². The summed E-state index contributed by atoms with van der Waals surface area (Å²) < 4.78 is 17.1. The lowest BCUT2D eigenvalue weighted by Gasteiger charge is -2.40. The molecule has 0 aromatic heterocycles. The van der Waals surface area contributed by atoms with Crippen molar-refractivity contribution < 1.29 is 19.0 Å². The van der Waals surface area contributed by atoms with Gasteiger partial charge in [-0.05, 0) is 36.1 Å². The maximum absolute atomic E-state index is 12.8. The van der Waals surface area contributed by atoms with Gasteiger partial charge < -0.3 is 24.8 Å². The molecule has 154 valence electrons. The highest BCUT2D eigenvalue weighted by Gasteiger charge is 2.38. The molecule has 6 heteroatoms. The van der Waals surface area contributed by atoms with Crippen LogP contribution in [0.25, 0.3) is 0 Å². The van der Waals surface area contributed by atoms with Crippen molar-refractivity contribution >= 4 is 5.91 Å². The summed E-state index contributed by atoms with van der Waals surface area (Å²) in [5.41, 5.74) is 1.77. The van der Waals surface area contributed by atoms with Gasteiger partial charge in [-0.2, -0.15) is 0 Å². The Morgan fingerprint density at radius 3 is 2.52 bits per heavy atom. The van der Waals surface area contributed by atoms with Gasteiger partial charge in [0.1, 0.15) is 18.5 Å². The van der Waals surface area contributed by atoms with Crippen molar-refractivity contribution in [1.82, 2.24) is 10.6 Å². The third-order valence-corrected chi connectivity index (χ3v) is 5.58. The van der Waals surface area contributed by atoms with Crippen molar-refractivity contribution in [3.05, 3.63) is 65.7 Å². The van der Waals surface area contributed by atoms with Gasteiger partial charge >= 0.3 is 0 Å². The van der Waals surface area contributed by atoms with Gasteiger partial charge in [-0.3, -0.25) is 4.79 Å². The normalized spacial score (nSPS) is 21.3. The Hall–Kier alpha value is -2.41. The number of benzene rings is 2. The van der Waals surface area contributed by atoms with Gasteiger partial charge in [0.05, 0.1) is 12.1 Å². The van der Waals surface area contributed by atoms with Crippen LogP contribution in [0.1, 0.15) is 24.0 Å². The van der Waals surface area contributed by atoms with Gasteiger partial charge in [-0.1, -0.05) is 42.5 Å². The molecule has 0 radical (unpaired) electrons. The molecule has 29 heavy (non-hydrogen) atoms. The molecule has 2 fully saturated rings. The van der Waals surface area contributed by atoms with Crippen LogP contribution in [0, 0.1) is 0 Å². The highest BCUT2D eigenvalue weighted by atomic mass is 16.5. The number of hydrogen-bond acceptors (Lipinski definition) is 5. The van der Waals surface area contributed by atoms with Crippen LogP contribution in [-0.2, 0) is 26.4 Å². The molecule has 2 aromatic carbocycles. The smallest absolute Gasteiger partial charge is 0.251 e. The molecule has 2 aromatic rings. The molecule has 0 aliphatic carbocycles. The van der Waals surface area contributed by atoms with Crippen molar-refractivity contribution in [3.8, 4) is 5.75 Å². The van der Waals surface area contributed by atoms with Crippen LogP contribution in [-0.4, -0.2) is 44.9 Å². The number of amides is 1. The van der Waals surface area contributed by atoms with E-state index < -0.39 is 11.6 Å². The zero-order chi connectivity index (χ0) is 19.9. The van der Waals surface area contributed by atoms with E-state index >= 15 is 0 Å². The first-order valence-electron chi connectivity index (χ1n) is 10.2. The molecule has 0 spiro atoms. The molecule has 1 atom stereocenters. The summed E-state index contributed by atoms with van der Waals surface area (Å²) in [7, 11) is 0. The van der Waals surface area contributed by atoms with E-state index in [1.807, 2.05) is 54.6 Å². The first-order valence-corrected chi connectivity index (χ1v) is 10.2. The second-order valence-corrected chi connectivity index (χ2v) is 7.55. The van der Waals surface area contributed by atoms with E-state index in [2.05, 4.69) is 10.6 Å². The number of rotatable bonds is 6. The van der Waals surface area contributed by atoms with E-state index in [1.54, 1.807) is 0 Å². The highest BCUT2D eigenvalue weighted by Crippen LogP contribution is 2.33. The van der Waals surface area contributed by atoms with Gasteiger partial charge in [0, 0.05) is 26.3 Å². The summed E-state index contributed by atoms with van der Waals surface area (Å²) in [6.45, 7) is 3.66. The molecule has 1 amide bonds. The van der Waals surface area contributed by atoms with Crippen molar-refractivity contribution in [2.45, 2.75) is 31.1 Å². The van der Waals surface area contributed by atoms with Crippen LogP contribution < -0.4 is 15.4 Å². The van der Waals surface area contributed by atoms with Crippen LogP contribution in [0.3, 0.4) is 0 Å². The Balaban J connectivity index is 1.45. The van der Waals surface area contributed by atoms with Crippen LogP contribution in [0.2, 0.25) is 0 Å². The fourth-order valence-electron chi connectivity index (χ4n) is 3.87. The standard InChI is InChI=1S/C23H28N2O4/c26-22(21-16-24-12-15-28-21)25-23(10-13-27-14-11-23)19-6-8-20(9-7-19)29-17-18-4-2-1-3-5-18/h1-9,21,24H,10-17H2,(H,25,26). The fourth-order valence-corrected chi connectivity index (χ4v) is 3.87. The number of ether oxygens (including phenoxy) is 3. The molecule has 6 nitrogen and oxygen atoms in total. The number of carbonyl (C=O) groups is 1. The van der Waals surface area contributed by atoms with Gasteiger partial charge in [0.15, 0.2) is 0 Å². The summed E-state index contributed by atoms with van der Waals surface area (Å²) in [5, 5.41) is 6.48. The molecule has 2 heterocycles. The molecule has 4 rings (SSSR count). The van der Waals surface area contributed by atoms with Crippen molar-refractivity contribution in [2.75, 3.05) is 32.9 Å². The number of nitrogens with one attached hydrogen (secondary N) is 2. The monoisotopic (exact) mass is 396 g/mol. The molecule has 2 saturated heterocycles. The molecule has 1 unspecified atom stereocenters. The average molecular weight is 396 g/mol. The maximum Gasteiger partial charge on any atom is 0.251 e. The van der Waals surface area contributed by atoms with Crippen LogP contribution in [0.15, 0.2) is 54.6 Å². The van der Waals surface area contributed by atoms with E-state index in [9.17, 15) is 4.79 Å². The number of carbonyl (C=O) groups excluding carboxylic acids is 1. The second-order valence-electron chi connectivity index (χ2n) is 7.55.